The second kappa shape index (κ2) is 8.41. The number of benzene rings is 1. The van der Waals surface area contributed by atoms with Gasteiger partial charge < -0.3 is 5.11 Å². The molecule has 0 amide bonds. The maximum absolute atomic E-state index is 10.5. The molecule has 0 saturated carbocycles. The van der Waals surface area contributed by atoms with Gasteiger partial charge in [0.25, 0.3) is 0 Å². The minimum absolute atomic E-state index is 0.0418. The van der Waals surface area contributed by atoms with Gasteiger partial charge in [0.1, 0.15) is 0 Å². The lowest BCUT2D eigenvalue weighted by Crippen LogP contribution is -2.21. The number of aliphatic hydroxyl groups excluding tert-OH is 1. The maximum atomic E-state index is 10.5. The van der Waals surface area contributed by atoms with E-state index >= 15 is 0 Å². The highest BCUT2D eigenvalue weighted by molar-refractivity contribution is 5.99. The van der Waals surface area contributed by atoms with Crippen LogP contribution >= 0.6 is 0 Å². The van der Waals surface area contributed by atoms with Gasteiger partial charge in [0.2, 0.25) is 0 Å². The average molecular weight is 435 g/mol. The second-order valence-electron chi connectivity index (χ2n) is 12.5. The number of pyridine rings is 1. The Morgan fingerprint density at radius 1 is 0.906 bits per heavy atom. The molecule has 3 rings (SSSR count). The first-order valence-corrected chi connectivity index (χ1v) is 12.0. The Morgan fingerprint density at radius 2 is 1.47 bits per heavy atom. The van der Waals surface area contributed by atoms with Gasteiger partial charge >= 0.3 is 0 Å². The van der Waals surface area contributed by atoms with Crippen molar-refractivity contribution in [3.63, 3.8) is 0 Å². The largest absolute Gasteiger partial charge is 0.387 e. The molecule has 0 fully saturated rings. The van der Waals surface area contributed by atoms with Gasteiger partial charge in [-0.15, -0.1) is 0 Å². The molecule has 0 saturated heterocycles. The van der Waals surface area contributed by atoms with Gasteiger partial charge in [-0.3, -0.25) is 4.99 Å². The topological polar surface area (TPSA) is 45.5 Å². The Hall–Kier alpha value is -2.00. The van der Waals surface area contributed by atoms with Crippen LogP contribution in [0.25, 0.3) is 0 Å². The number of hydrogen-bond acceptors (Lipinski definition) is 3. The molecule has 1 atom stereocenters. The van der Waals surface area contributed by atoms with Crippen molar-refractivity contribution < 1.29 is 5.11 Å². The van der Waals surface area contributed by atoms with E-state index in [0.29, 0.717) is 0 Å². The molecule has 0 bridgehead atoms. The van der Waals surface area contributed by atoms with E-state index in [1.165, 1.54) is 22.3 Å². The van der Waals surface area contributed by atoms with Crippen LogP contribution in [-0.4, -0.2) is 15.8 Å². The molecule has 3 heteroatoms. The molecule has 1 aliphatic carbocycles. The molecular formula is C29H42N2O. The van der Waals surface area contributed by atoms with E-state index in [9.17, 15) is 5.11 Å². The summed E-state index contributed by atoms with van der Waals surface area (Å²) in [6.07, 6.45) is 2.34. The molecule has 32 heavy (non-hydrogen) atoms. The highest BCUT2D eigenvalue weighted by Crippen LogP contribution is 2.43. The van der Waals surface area contributed by atoms with Gasteiger partial charge in [-0.05, 0) is 70.8 Å². The molecule has 1 aromatic carbocycles. The van der Waals surface area contributed by atoms with Gasteiger partial charge in [0.15, 0.2) is 0 Å². The smallest absolute Gasteiger partial charge is 0.0962 e. The van der Waals surface area contributed by atoms with Crippen molar-refractivity contribution in [2.24, 2.45) is 4.99 Å². The van der Waals surface area contributed by atoms with Crippen LogP contribution in [0.15, 0.2) is 29.3 Å². The average Bonchev–Trinajstić information content (AvgIpc) is 2.65. The summed E-state index contributed by atoms with van der Waals surface area (Å²) in [5.74, 6) is 0. The fourth-order valence-electron chi connectivity index (χ4n) is 4.38. The van der Waals surface area contributed by atoms with Crippen LogP contribution in [0.3, 0.4) is 0 Å². The molecule has 0 radical (unpaired) electrons. The summed E-state index contributed by atoms with van der Waals surface area (Å²) in [4.78, 5) is 10.1. The van der Waals surface area contributed by atoms with E-state index in [-0.39, 0.29) is 16.2 Å². The number of hydrogen-bond donors (Lipinski definition) is 1. The molecule has 174 valence electrons. The van der Waals surface area contributed by atoms with Crippen LogP contribution in [0, 0.1) is 0 Å². The van der Waals surface area contributed by atoms with Gasteiger partial charge in [0.05, 0.1) is 28.9 Å². The fourth-order valence-corrected chi connectivity index (χ4v) is 4.38. The summed E-state index contributed by atoms with van der Waals surface area (Å²) in [6.45, 7) is 22.5. The van der Waals surface area contributed by atoms with E-state index in [2.05, 4.69) is 86.6 Å². The molecule has 3 nitrogen and oxygen atoms in total. The third-order valence-electron chi connectivity index (χ3n) is 6.49. The quantitative estimate of drug-likeness (QED) is 0.498. The highest BCUT2D eigenvalue weighted by Gasteiger charge is 2.29. The minimum Gasteiger partial charge on any atom is -0.387 e. The van der Waals surface area contributed by atoms with Crippen LogP contribution in [0.1, 0.15) is 122 Å². The first-order valence-electron chi connectivity index (χ1n) is 12.0. The van der Waals surface area contributed by atoms with Gasteiger partial charge in [0, 0.05) is 0 Å². The molecule has 1 unspecified atom stereocenters. The van der Waals surface area contributed by atoms with Crippen LogP contribution < -0.4 is 0 Å². The first kappa shape index (κ1) is 24.6. The number of aliphatic imine (C=N–C) groups is 1. The zero-order chi connectivity index (χ0) is 24.1. The van der Waals surface area contributed by atoms with Crippen molar-refractivity contribution in [3.05, 3.63) is 57.9 Å². The van der Waals surface area contributed by atoms with Crippen LogP contribution in [-0.2, 0) is 22.7 Å². The third kappa shape index (κ3) is 5.14. The normalized spacial score (nSPS) is 18.0. The monoisotopic (exact) mass is 434 g/mol. The Kier molecular flexibility index (Phi) is 6.47. The molecule has 0 aliphatic heterocycles. The van der Waals surface area contributed by atoms with E-state index < -0.39 is 6.10 Å². The zero-order valence-corrected chi connectivity index (χ0v) is 21.8. The molecule has 1 N–H and O–H groups in total. The summed E-state index contributed by atoms with van der Waals surface area (Å²) in [5, 5.41) is 10.5. The van der Waals surface area contributed by atoms with E-state index in [1.54, 1.807) is 0 Å². The number of aryl methyl sites for hydroxylation is 1. The Labute approximate surface area is 195 Å². The number of aromatic nitrogens is 1. The maximum Gasteiger partial charge on any atom is 0.0962 e. The lowest BCUT2D eigenvalue weighted by molar-refractivity contribution is 0.151. The number of fused-ring (bicyclic) bond motifs is 1. The summed E-state index contributed by atoms with van der Waals surface area (Å²) in [7, 11) is 0. The van der Waals surface area contributed by atoms with Crippen LogP contribution in [0.5, 0.6) is 0 Å². The molecule has 1 aromatic heterocycles. The summed E-state index contributed by atoms with van der Waals surface area (Å²) >= 11 is 0. The Morgan fingerprint density at radius 3 is 1.97 bits per heavy atom. The van der Waals surface area contributed by atoms with E-state index in [4.69, 9.17) is 9.98 Å². The second-order valence-corrected chi connectivity index (χ2v) is 12.5. The van der Waals surface area contributed by atoms with Crippen LogP contribution in [0.4, 0.5) is 5.69 Å². The van der Waals surface area contributed by atoms with Crippen molar-refractivity contribution in [3.8, 4) is 0 Å². The lowest BCUT2D eigenvalue weighted by atomic mass is 9.74. The van der Waals surface area contributed by atoms with E-state index in [0.717, 1.165) is 42.0 Å². The predicted molar refractivity (Wildman–Crippen MR) is 137 cm³/mol. The Bertz CT molecular complexity index is 992. The lowest BCUT2D eigenvalue weighted by Gasteiger charge is -2.32. The summed E-state index contributed by atoms with van der Waals surface area (Å²) in [6, 6.07) is 8.89. The van der Waals surface area contributed by atoms with Crippen molar-refractivity contribution in [2.45, 2.75) is 111 Å². The zero-order valence-electron chi connectivity index (χ0n) is 21.8. The van der Waals surface area contributed by atoms with Gasteiger partial charge in [-0.1, -0.05) is 80.5 Å². The first-order chi connectivity index (χ1) is 14.6. The highest BCUT2D eigenvalue weighted by atomic mass is 16.3. The minimum atomic E-state index is -0.465. The van der Waals surface area contributed by atoms with Crippen molar-refractivity contribution in [1.82, 2.24) is 4.98 Å². The summed E-state index contributed by atoms with van der Waals surface area (Å²) < 4.78 is 0. The van der Waals surface area contributed by atoms with E-state index in [1.807, 2.05) is 6.92 Å². The number of rotatable bonds is 2. The Balaban J connectivity index is 2.24. The number of aliphatic hydroxyl groups is 1. The molecule has 1 heterocycles. The SMILES string of the molecule is CC(=Nc1c(C(C)(C)C)cc(C(C)(C)C)cc1C(C)(C)C)c1ccc2c(n1)C(O)CCC2. The predicted octanol–water partition coefficient (Wildman–Crippen LogP) is 7.48. The van der Waals surface area contributed by atoms with Crippen molar-refractivity contribution in [1.29, 1.82) is 0 Å². The fraction of sp³-hybridized carbons (Fsp3) is 0.586. The molecule has 1 aliphatic rings. The molecule has 0 spiro atoms. The standard InChI is InChI=1S/C29H42N2O/c1-18(23-15-14-19-12-11-13-24(32)25(19)31-23)30-26-21(28(5,6)7)16-20(27(2,3)4)17-22(26)29(8,9)10/h14-17,24,32H,11-13H2,1-10H3. The summed E-state index contributed by atoms with van der Waals surface area (Å²) in [5.41, 5.74) is 8.68. The van der Waals surface area contributed by atoms with Crippen molar-refractivity contribution in [2.75, 3.05) is 0 Å². The van der Waals surface area contributed by atoms with Gasteiger partial charge in [-0.25, -0.2) is 4.98 Å². The van der Waals surface area contributed by atoms with Crippen molar-refractivity contribution >= 4 is 11.4 Å². The third-order valence-corrected chi connectivity index (χ3v) is 6.49. The molecule has 2 aromatic rings. The van der Waals surface area contributed by atoms with Crippen LogP contribution in [0.2, 0.25) is 0 Å². The van der Waals surface area contributed by atoms with Gasteiger partial charge in [-0.2, -0.15) is 0 Å². The molecular weight excluding hydrogens is 392 g/mol. The number of nitrogens with zero attached hydrogens (tertiary/aromatic N) is 2.